The van der Waals surface area contributed by atoms with Gasteiger partial charge in [-0.1, -0.05) is 0 Å². The summed E-state index contributed by atoms with van der Waals surface area (Å²) in [5.74, 6) is 0.129. The van der Waals surface area contributed by atoms with Gasteiger partial charge in [0.05, 0.1) is 11.4 Å². The maximum Gasteiger partial charge on any atom is 0.234 e. The van der Waals surface area contributed by atoms with Gasteiger partial charge in [0.2, 0.25) is 10.0 Å². The van der Waals surface area contributed by atoms with Crippen LogP contribution >= 0.6 is 0 Å². The van der Waals surface area contributed by atoms with E-state index in [4.69, 9.17) is 5.73 Å². The molecule has 0 aromatic carbocycles. The average molecular weight is 278 g/mol. The van der Waals surface area contributed by atoms with Crippen LogP contribution in [0.1, 0.15) is 5.56 Å². The molecule has 2 rings (SSSR count). The van der Waals surface area contributed by atoms with Crippen molar-refractivity contribution < 1.29 is 8.42 Å². The molecule has 19 heavy (non-hydrogen) atoms. The van der Waals surface area contributed by atoms with Crippen LogP contribution in [0.2, 0.25) is 0 Å². The third-order valence-electron chi connectivity index (χ3n) is 2.50. The lowest BCUT2D eigenvalue weighted by Gasteiger charge is -2.08. The molecular weight excluding hydrogens is 264 g/mol. The first kappa shape index (κ1) is 13.3. The molecule has 2 heterocycles. The second-order valence-corrected chi connectivity index (χ2v) is 5.81. The normalized spacial score (nSPS) is 11.2. The molecule has 2 aromatic rings. The second kappa shape index (κ2) is 5.66. The minimum atomic E-state index is -3.47. The fourth-order valence-corrected chi connectivity index (χ4v) is 2.57. The van der Waals surface area contributed by atoms with Crippen molar-refractivity contribution in [2.24, 2.45) is 0 Å². The third kappa shape index (κ3) is 3.92. The minimum Gasteiger partial charge on any atom is -0.396 e. The van der Waals surface area contributed by atoms with Crippen molar-refractivity contribution in [2.75, 3.05) is 16.2 Å². The average Bonchev–Trinajstić information content (AvgIpc) is 2.40. The summed E-state index contributed by atoms with van der Waals surface area (Å²) in [6, 6.07) is 6.80. The lowest BCUT2D eigenvalue weighted by molar-refractivity contribution is 0.600. The van der Waals surface area contributed by atoms with Crippen LogP contribution in [-0.4, -0.2) is 24.1 Å². The highest BCUT2D eigenvalue weighted by Gasteiger charge is 2.12. The Labute approximate surface area is 111 Å². The highest BCUT2D eigenvalue weighted by atomic mass is 32.2. The molecule has 0 spiro atoms. The van der Waals surface area contributed by atoms with Gasteiger partial charge in [0.1, 0.15) is 0 Å². The SMILES string of the molecule is Nc1cccnc1NS(=O)(=O)CCc1ccncc1. The largest absolute Gasteiger partial charge is 0.396 e. The smallest absolute Gasteiger partial charge is 0.234 e. The number of hydrogen-bond donors (Lipinski definition) is 2. The van der Waals surface area contributed by atoms with E-state index in [1.54, 1.807) is 36.7 Å². The lowest BCUT2D eigenvalue weighted by Crippen LogP contribution is -2.19. The van der Waals surface area contributed by atoms with Crippen molar-refractivity contribution in [3.8, 4) is 0 Å². The number of hydrogen-bond acceptors (Lipinski definition) is 5. The summed E-state index contributed by atoms with van der Waals surface area (Å²) in [5.41, 5.74) is 6.85. The summed E-state index contributed by atoms with van der Waals surface area (Å²) in [4.78, 5) is 7.77. The fraction of sp³-hybridized carbons (Fsp3) is 0.167. The molecule has 3 N–H and O–H groups in total. The van der Waals surface area contributed by atoms with E-state index in [2.05, 4.69) is 14.7 Å². The second-order valence-electron chi connectivity index (χ2n) is 3.97. The lowest BCUT2D eigenvalue weighted by atomic mass is 10.2. The van der Waals surface area contributed by atoms with E-state index in [1.165, 1.54) is 6.20 Å². The van der Waals surface area contributed by atoms with E-state index in [0.29, 0.717) is 12.1 Å². The van der Waals surface area contributed by atoms with Crippen molar-refractivity contribution in [3.63, 3.8) is 0 Å². The molecule has 6 nitrogen and oxygen atoms in total. The number of anilines is 2. The van der Waals surface area contributed by atoms with Gasteiger partial charge in [-0.3, -0.25) is 9.71 Å². The molecule has 0 fully saturated rings. The summed E-state index contributed by atoms with van der Waals surface area (Å²) in [6.45, 7) is 0. The first-order valence-electron chi connectivity index (χ1n) is 5.67. The van der Waals surface area contributed by atoms with E-state index in [9.17, 15) is 8.42 Å². The first-order valence-corrected chi connectivity index (χ1v) is 7.32. The van der Waals surface area contributed by atoms with Crippen LogP contribution in [0.4, 0.5) is 11.5 Å². The van der Waals surface area contributed by atoms with Crippen molar-refractivity contribution in [1.29, 1.82) is 0 Å². The number of pyridine rings is 2. The van der Waals surface area contributed by atoms with E-state index in [1.807, 2.05) is 0 Å². The molecule has 0 aliphatic rings. The van der Waals surface area contributed by atoms with Gasteiger partial charge in [0.15, 0.2) is 5.82 Å². The molecular formula is C12H14N4O2S. The Kier molecular flexibility index (Phi) is 3.96. The predicted octanol–water partition coefficient (Wildman–Crippen LogP) is 1.04. The third-order valence-corrected chi connectivity index (χ3v) is 3.75. The van der Waals surface area contributed by atoms with E-state index in [0.717, 1.165) is 5.56 Å². The fourth-order valence-electron chi connectivity index (χ4n) is 1.50. The molecule has 0 amide bonds. The standard InChI is InChI=1S/C12H14N4O2S/c13-11-2-1-6-15-12(11)16-19(17,18)9-5-10-3-7-14-8-4-10/h1-4,6-8H,5,9,13H2,(H,15,16). The molecule has 0 unspecified atom stereocenters. The molecule has 0 radical (unpaired) electrons. The van der Waals surface area contributed by atoms with Crippen LogP contribution in [0, 0.1) is 0 Å². The first-order chi connectivity index (χ1) is 9.07. The number of aromatic nitrogens is 2. The van der Waals surface area contributed by atoms with Crippen molar-refractivity contribution in [2.45, 2.75) is 6.42 Å². The Balaban J connectivity index is 2.02. The number of nitrogens with one attached hydrogen (secondary N) is 1. The van der Waals surface area contributed by atoms with E-state index < -0.39 is 10.0 Å². The number of rotatable bonds is 5. The van der Waals surface area contributed by atoms with Crippen LogP contribution in [0.3, 0.4) is 0 Å². The Hall–Kier alpha value is -2.15. The molecule has 7 heteroatoms. The van der Waals surface area contributed by atoms with Gasteiger partial charge in [-0.15, -0.1) is 0 Å². The van der Waals surface area contributed by atoms with Gasteiger partial charge in [-0.2, -0.15) is 0 Å². The van der Waals surface area contributed by atoms with Crippen LogP contribution < -0.4 is 10.5 Å². The predicted molar refractivity (Wildman–Crippen MR) is 74.0 cm³/mol. The van der Waals surface area contributed by atoms with Gasteiger partial charge in [-0.05, 0) is 36.2 Å². The zero-order valence-corrected chi connectivity index (χ0v) is 11.0. The molecule has 0 saturated carbocycles. The number of aryl methyl sites for hydroxylation is 1. The van der Waals surface area contributed by atoms with Crippen molar-refractivity contribution in [1.82, 2.24) is 9.97 Å². The summed E-state index contributed by atoms with van der Waals surface area (Å²) in [5, 5.41) is 0. The van der Waals surface area contributed by atoms with Crippen molar-refractivity contribution >= 4 is 21.5 Å². The van der Waals surface area contributed by atoms with Crippen LogP contribution in [0.5, 0.6) is 0 Å². The molecule has 0 aliphatic heterocycles. The minimum absolute atomic E-state index is 0.0347. The maximum atomic E-state index is 11.9. The molecule has 0 bridgehead atoms. The molecule has 0 aliphatic carbocycles. The Bertz CT molecular complexity index is 644. The van der Waals surface area contributed by atoms with Crippen LogP contribution in [0.25, 0.3) is 0 Å². The Morgan fingerprint density at radius 1 is 1.16 bits per heavy atom. The van der Waals surface area contributed by atoms with Crippen LogP contribution in [-0.2, 0) is 16.4 Å². The quantitative estimate of drug-likeness (QED) is 0.851. The summed E-state index contributed by atoms with van der Waals surface area (Å²) >= 11 is 0. The van der Waals surface area contributed by atoms with Gasteiger partial charge in [0.25, 0.3) is 0 Å². The number of nitrogen functional groups attached to an aromatic ring is 1. The number of nitrogens with zero attached hydrogens (tertiary/aromatic N) is 2. The summed E-state index contributed by atoms with van der Waals surface area (Å²) in [7, 11) is -3.47. The monoisotopic (exact) mass is 278 g/mol. The van der Waals surface area contributed by atoms with E-state index >= 15 is 0 Å². The maximum absolute atomic E-state index is 11.9. The molecule has 100 valence electrons. The van der Waals surface area contributed by atoms with Gasteiger partial charge in [-0.25, -0.2) is 13.4 Å². The Morgan fingerprint density at radius 3 is 2.58 bits per heavy atom. The van der Waals surface area contributed by atoms with Gasteiger partial charge < -0.3 is 5.73 Å². The van der Waals surface area contributed by atoms with E-state index in [-0.39, 0.29) is 11.6 Å². The number of sulfonamides is 1. The van der Waals surface area contributed by atoms with Crippen LogP contribution in [0.15, 0.2) is 42.9 Å². The molecule has 0 saturated heterocycles. The van der Waals surface area contributed by atoms with Gasteiger partial charge >= 0.3 is 0 Å². The molecule has 2 aromatic heterocycles. The van der Waals surface area contributed by atoms with Crippen molar-refractivity contribution in [3.05, 3.63) is 48.4 Å². The zero-order chi connectivity index (χ0) is 13.7. The van der Waals surface area contributed by atoms with Gasteiger partial charge in [0, 0.05) is 18.6 Å². The zero-order valence-electron chi connectivity index (χ0n) is 10.2. The molecule has 0 atom stereocenters. The highest BCUT2D eigenvalue weighted by molar-refractivity contribution is 7.92. The topological polar surface area (TPSA) is 98.0 Å². The summed E-state index contributed by atoms with van der Waals surface area (Å²) in [6.07, 6.45) is 5.15. The highest BCUT2D eigenvalue weighted by Crippen LogP contribution is 2.15. The summed E-state index contributed by atoms with van der Waals surface area (Å²) < 4.78 is 26.2. The Morgan fingerprint density at radius 2 is 1.89 bits per heavy atom. The number of nitrogens with two attached hydrogens (primary N) is 1.